The average molecular weight is 244 g/mol. The zero-order chi connectivity index (χ0) is 13.1. The van der Waals surface area contributed by atoms with Crippen LogP contribution in [0.4, 0.5) is 13.2 Å². The Hall–Kier alpha value is -1.78. The SMILES string of the molecule is CO/C(=C/C(=O)C(F)(F)F)c1ccc(C)cc1. The predicted molar refractivity (Wildman–Crippen MR) is 57.2 cm³/mol. The van der Waals surface area contributed by atoms with Crippen molar-refractivity contribution in [1.82, 2.24) is 0 Å². The molecule has 2 nitrogen and oxygen atoms in total. The number of allylic oxidation sites excluding steroid dienone is 1. The van der Waals surface area contributed by atoms with Crippen molar-refractivity contribution in [2.24, 2.45) is 0 Å². The van der Waals surface area contributed by atoms with Crippen LogP contribution in [0.3, 0.4) is 0 Å². The second-order valence-electron chi connectivity index (χ2n) is 3.44. The zero-order valence-corrected chi connectivity index (χ0v) is 9.34. The van der Waals surface area contributed by atoms with Crippen LogP contribution in [0, 0.1) is 6.92 Å². The van der Waals surface area contributed by atoms with Crippen LogP contribution in [0.5, 0.6) is 0 Å². The van der Waals surface area contributed by atoms with Crippen LogP contribution in [0.25, 0.3) is 5.76 Å². The maximum Gasteiger partial charge on any atom is 0.454 e. The maximum absolute atomic E-state index is 12.1. The predicted octanol–water partition coefficient (Wildman–Crippen LogP) is 3.11. The van der Waals surface area contributed by atoms with Gasteiger partial charge in [-0.05, 0) is 6.92 Å². The van der Waals surface area contributed by atoms with Crippen molar-refractivity contribution in [3.63, 3.8) is 0 Å². The summed E-state index contributed by atoms with van der Waals surface area (Å²) in [6.45, 7) is 1.85. The minimum atomic E-state index is -4.88. The van der Waals surface area contributed by atoms with Gasteiger partial charge in [0.2, 0.25) is 0 Å². The van der Waals surface area contributed by atoms with E-state index in [-0.39, 0.29) is 5.76 Å². The molecule has 0 bridgehead atoms. The van der Waals surface area contributed by atoms with E-state index in [1.165, 1.54) is 7.11 Å². The van der Waals surface area contributed by atoms with E-state index in [1.807, 2.05) is 6.92 Å². The van der Waals surface area contributed by atoms with Crippen molar-refractivity contribution in [2.45, 2.75) is 13.1 Å². The first kappa shape index (κ1) is 13.3. The van der Waals surface area contributed by atoms with E-state index >= 15 is 0 Å². The van der Waals surface area contributed by atoms with Crippen molar-refractivity contribution in [1.29, 1.82) is 0 Å². The fraction of sp³-hybridized carbons (Fsp3) is 0.250. The molecule has 1 aromatic carbocycles. The molecular weight excluding hydrogens is 233 g/mol. The largest absolute Gasteiger partial charge is 0.496 e. The molecule has 0 amide bonds. The van der Waals surface area contributed by atoms with Crippen LogP contribution in [0.1, 0.15) is 11.1 Å². The first-order chi connectivity index (χ1) is 7.84. The maximum atomic E-state index is 12.1. The van der Waals surface area contributed by atoms with Gasteiger partial charge in [0.05, 0.1) is 7.11 Å². The monoisotopic (exact) mass is 244 g/mol. The summed E-state index contributed by atoms with van der Waals surface area (Å²) in [7, 11) is 1.22. The molecule has 0 unspecified atom stereocenters. The van der Waals surface area contributed by atoms with Gasteiger partial charge in [-0.15, -0.1) is 0 Å². The van der Waals surface area contributed by atoms with E-state index < -0.39 is 12.0 Å². The molecular formula is C12H11F3O2. The zero-order valence-electron chi connectivity index (χ0n) is 9.34. The number of alkyl halides is 3. The van der Waals surface area contributed by atoms with Gasteiger partial charge in [-0.1, -0.05) is 29.8 Å². The highest BCUT2D eigenvalue weighted by atomic mass is 19.4. The highest BCUT2D eigenvalue weighted by molar-refractivity contribution is 5.99. The highest BCUT2D eigenvalue weighted by Gasteiger charge is 2.37. The minimum Gasteiger partial charge on any atom is -0.496 e. The smallest absolute Gasteiger partial charge is 0.454 e. The first-order valence-corrected chi connectivity index (χ1v) is 4.78. The molecule has 5 heteroatoms. The van der Waals surface area contributed by atoms with E-state index in [1.54, 1.807) is 24.3 Å². The Kier molecular flexibility index (Phi) is 3.93. The Morgan fingerprint density at radius 2 is 1.76 bits per heavy atom. The molecule has 0 aliphatic rings. The molecule has 0 heterocycles. The number of halogens is 3. The Balaban J connectivity index is 3.04. The van der Waals surface area contributed by atoms with Gasteiger partial charge in [-0.25, -0.2) is 0 Å². The summed E-state index contributed by atoms with van der Waals surface area (Å²) in [4.78, 5) is 10.8. The van der Waals surface area contributed by atoms with E-state index in [0.29, 0.717) is 11.6 Å². The molecule has 0 saturated heterocycles. The molecule has 1 rings (SSSR count). The van der Waals surface area contributed by atoms with Crippen molar-refractivity contribution < 1.29 is 22.7 Å². The van der Waals surface area contributed by atoms with Gasteiger partial charge >= 0.3 is 6.18 Å². The fourth-order valence-corrected chi connectivity index (χ4v) is 1.18. The molecule has 0 radical (unpaired) electrons. The Bertz CT molecular complexity index is 430. The lowest BCUT2D eigenvalue weighted by atomic mass is 10.1. The van der Waals surface area contributed by atoms with Gasteiger partial charge in [0, 0.05) is 11.6 Å². The van der Waals surface area contributed by atoms with Gasteiger partial charge in [0.25, 0.3) is 5.78 Å². The second kappa shape index (κ2) is 5.03. The molecule has 0 spiro atoms. The number of hydrogen-bond acceptors (Lipinski definition) is 2. The fourth-order valence-electron chi connectivity index (χ4n) is 1.18. The van der Waals surface area contributed by atoms with Crippen LogP contribution >= 0.6 is 0 Å². The van der Waals surface area contributed by atoms with Crippen molar-refractivity contribution in [2.75, 3.05) is 7.11 Å². The van der Waals surface area contributed by atoms with Crippen LogP contribution < -0.4 is 0 Å². The standard InChI is InChI=1S/C12H11F3O2/c1-8-3-5-9(6-4-8)10(17-2)7-11(16)12(13,14)15/h3-7H,1-2H3/b10-7+. The Morgan fingerprint density at radius 3 is 2.18 bits per heavy atom. The summed E-state index contributed by atoms with van der Waals surface area (Å²) in [6, 6.07) is 6.63. The van der Waals surface area contributed by atoms with Crippen molar-refractivity contribution >= 4 is 11.5 Å². The minimum absolute atomic E-state index is 0.104. The normalized spacial score (nSPS) is 12.4. The number of hydrogen-bond donors (Lipinski definition) is 0. The van der Waals surface area contributed by atoms with Crippen LogP contribution in [-0.2, 0) is 9.53 Å². The molecule has 1 aromatic rings. The van der Waals surface area contributed by atoms with Crippen molar-refractivity contribution in [3.05, 3.63) is 41.5 Å². The molecule has 17 heavy (non-hydrogen) atoms. The molecule has 0 atom stereocenters. The Morgan fingerprint density at radius 1 is 1.24 bits per heavy atom. The number of carbonyl (C=O) groups is 1. The quantitative estimate of drug-likeness (QED) is 0.603. The van der Waals surface area contributed by atoms with Gasteiger partial charge in [0.15, 0.2) is 0 Å². The number of rotatable bonds is 3. The van der Waals surface area contributed by atoms with Crippen molar-refractivity contribution in [3.8, 4) is 0 Å². The molecule has 92 valence electrons. The number of ether oxygens (including phenoxy) is 1. The summed E-state index contributed by atoms with van der Waals surface area (Å²) >= 11 is 0. The number of ketones is 1. The van der Waals surface area contributed by atoms with Gasteiger partial charge < -0.3 is 4.74 Å². The molecule has 0 saturated carbocycles. The molecule has 0 aromatic heterocycles. The summed E-state index contributed by atoms with van der Waals surface area (Å²) < 4.78 is 41.0. The molecule has 0 aliphatic carbocycles. The first-order valence-electron chi connectivity index (χ1n) is 4.78. The van der Waals surface area contributed by atoms with Gasteiger partial charge in [-0.3, -0.25) is 4.79 Å². The summed E-state index contributed by atoms with van der Waals surface area (Å²) in [6.07, 6.45) is -4.43. The lowest BCUT2D eigenvalue weighted by molar-refractivity contribution is -0.165. The molecule has 0 N–H and O–H groups in total. The van der Waals surface area contributed by atoms with Gasteiger partial charge in [0.1, 0.15) is 5.76 Å². The molecule has 0 aliphatic heterocycles. The number of aryl methyl sites for hydroxylation is 1. The second-order valence-corrected chi connectivity index (χ2v) is 3.44. The lowest BCUT2D eigenvalue weighted by Gasteiger charge is -2.07. The van der Waals surface area contributed by atoms with Crippen LogP contribution in [0.15, 0.2) is 30.3 Å². The van der Waals surface area contributed by atoms with Crippen LogP contribution in [0.2, 0.25) is 0 Å². The van der Waals surface area contributed by atoms with E-state index in [2.05, 4.69) is 0 Å². The third kappa shape index (κ3) is 3.62. The number of methoxy groups -OCH3 is 1. The van der Waals surface area contributed by atoms with E-state index in [9.17, 15) is 18.0 Å². The van der Waals surface area contributed by atoms with Crippen LogP contribution in [-0.4, -0.2) is 19.1 Å². The third-order valence-corrected chi connectivity index (χ3v) is 2.10. The lowest BCUT2D eigenvalue weighted by Crippen LogP contribution is -2.20. The summed E-state index contributed by atoms with van der Waals surface area (Å²) in [5, 5.41) is 0. The number of benzene rings is 1. The summed E-state index contributed by atoms with van der Waals surface area (Å²) in [5.74, 6) is -2.04. The Labute approximate surface area is 96.7 Å². The average Bonchev–Trinajstić information content (AvgIpc) is 2.25. The molecule has 0 fully saturated rings. The number of carbonyl (C=O) groups excluding carboxylic acids is 1. The topological polar surface area (TPSA) is 26.3 Å². The highest BCUT2D eigenvalue weighted by Crippen LogP contribution is 2.21. The van der Waals surface area contributed by atoms with E-state index in [4.69, 9.17) is 4.74 Å². The summed E-state index contributed by atoms with van der Waals surface area (Å²) in [5.41, 5.74) is 1.39. The van der Waals surface area contributed by atoms with Gasteiger partial charge in [-0.2, -0.15) is 13.2 Å². The third-order valence-electron chi connectivity index (χ3n) is 2.10. The van der Waals surface area contributed by atoms with E-state index in [0.717, 1.165) is 5.56 Å².